The van der Waals surface area contributed by atoms with E-state index >= 15 is 0 Å². The molecule has 0 unspecified atom stereocenters. The summed E-state index contributed by atoms with van der Waals surface area (Å²) >= 11 is 0. The molecule has 0 aliphatic carbocycles. The van der Waals surface area contributed by atoms with Crippen molar-refractivity contribution >= 4 is 5.91 Å². The highest BCUT2D eigenvalue weighted by Crippen LogP contribution is 2.15. The second-order valence-corrected chi connectivity index (χ2v) is 9.40. The number of carbonyl (C=O) groups is 1. The number of aryl methyl sites for hydroxylation is 1. The Labute approximate surface area is 193 Å². The third kappa shape index (κ3) is 18.1. The van der Waals surface area contributed by atoms with Gasteiger partial charge in [0, 0.05) is 6.42 Å². The quantitative estimate of drug-likeness (QED) is 0.185. The molecular formula is C28H51NO2. The highest BCUT2D eigenvalue weighted by Gasteiger charge is 2.03. The van der Waals surface area contributed by atoms with Crippen molar-refractivity contribution in [3.8, 4) is 0 Å². The summed E-state index contributed by atoms with van der Waals surface area (Å²) in [5.74, 6) is 1.86. The summed E-state index contributed by atoms with van der Waals surface area (Å²) in [5, 5.41) is 2.94. The zero-order chi connectivity index (χ0) is 22.4. The molecule has 0 atom stereocenters. The summed E-state index contributed by atoms with van der Waals surface area (Å²) in [5.41, 5.74) is 0. The summed E-state index contributed by atoms with van der Waals surface area (Å²) in [6, 6.07) is 3.85. The Morgan fingerprint density at radius 3 is 1.48 bits per heavy atom. The standard InChI is InChI=1S/C28H51NO2/c1-3-4-5-6-7-8-9-10-11-12-13-14-15-16-17-18-19-20-21-22-28(30)29-25-27-24-23-26(2)31-27/h23-24H,3-22,25H2,1-2H3,(H,29,30). The number of amides is 1. The average molecular weight is 434 g/mol. The number of unbranched alkanes of at least 4 members (excludes halogenated alkanes) is 18. The molecule has 0 saturated heterocycles. The Morgan fingerprint density at radius 1 is 0.677 bits per heavy atom. The summed E-state index contributed by atoms with van der Waals surface area (Å²) in [4.78, 5) is 11.9. The van der Waals surface area contributed by atoms with Gasteiger partial charge in [-0.25, -0.2) is 0 Å². The molecule has 0 radical (unpaired) electrons. The van der Waals surface area contributed by atoms with Crippen molar-refractivity contribution in [2.24, 2.45) is 0 Å². The first kappa shape index (κ1) is 27.8. The van der Waals surface area contributed by atoms with Gasteiger partial charge in [-0.1, -0.05) is 122 Å². The molecule has 0 spiro atoms. The Bertz CT molecular complexity index is 523. The minimum Gasteiger partial charge on any atom is -0.465 e. The molecule has 0 aliphatic rings. The third-order valence-electron chi connectivity index (χ3n) is 6.26. The van der Waals surface area contributed by atoms with Crippen molar-refractivity contribution < 1.29 is 9.21 Å². The van der Waals surface area contributed by atoms with Crippen molar-refractivity contribution in [3.63, 3.8) is 0 Å². The topological polar surface area (TPSA) is 42.2 Å². The zero-order valence-corrected chi connectivity index (χ0v) is 20.8. The SMILES string of the molecule is CCCCCCCCCCCCCCCCCCCCCC(=O)NCc1ccc(C)o1. The largest absolute Gasteiger partial charge is 0.465 e. The molecule has 1 aromatic heterocycles. The Morgan fingerprint density at radius 2 is 1.10 bits per heavy atom. The van der Waals surface area contributed by atoms with Crippen LogP contribution in [0.2, 0.25) is 0 Å². The fourth-order valence-corrected chi connectivity index (χ4v) is 4.22. The van der Waals surface area contributed by atoms with E-state index in [-0.39, 0.29) is 5.91 Å². The molecule has 0 aliphatic heterocycles. The summed E-state index contributed by atoms with van der Waals surface area (Å²) in [6.45, 7) is 4.72. The van der Waals surface area contributed by atoms with Crippen LogP contribution in [0.4, 0.5) is 0 Å². The van der Waals surface area contributed by atoms with Crippen LogP contribution in [0.1, 0.15) is 147 Å². The maximum Gasteiger partial charge on any atom is 0.220 e. The monoisotopic (exact) mass is 433 g/mol. The van der Waals surface area contributed by atoms with Crippen LogP contribution in [0.25, 0.3) is 0 Å². The second kappa shape index (κ2) is 20.6. The van der Waals surface area contributed by atoms with E-state index in [9.17, 15) is 4.79 Å². The molecule has 1 amide bonds. The first-order valence-electron chi connectivity index (χ1n) is 13.5. The van der Waals surface area contributed by atoms with Gasteiger partial charge in [-0.15, -0.1) is 0 Å². The Hall–Kier alpha value is -1.25. The van der Waals surface area contributed by atoms with Gasteiger partial charge in [0.05, 0.1) is 6.54 Å². The van der Waals surface area contributed by atoms with Gasteiger partial charge in [0.15, 0.2) is 0 Å². The third-order valence-corrected chi connectivity index (χ3v) is 6.26. The molecule has 0 aromatic carbocycles. The normalized spacial score (nSPS) is 11.2. The summed E-state index contributed by atoms with van der Waals surface area (Å²) in [6.07, 6.45) is 26.8. The average Bonchev–Trinajstić information content (AvgIpc) is 3.19. The molecule has 0 bridgehead atoms. The lowest BCUT2D eigenvalue weighted by molar-refractivity contribution is -0.121. The van der Waals surface area contributed by atoms with Crippen molar-refractivity contribution in [1.29, 1.82) is 0 Å². The number of carbonyl (C=O) groups excluding carboxylic acids is 1. The molecule has 3 heteroatoms. The van der Waals surface area contributed by atoms with Gasteiger partial charge in [0.2, 0.25) is 5.91 Å². The Balaban J connectivity index is 1.72. The molecule has 1 rings (SSSR count). The molecule has 0 saturated carbocycles. The van der Waals surface area contributed by atoms with Crippen LogP contribution in [-0.4, -0.2) is 5.91 Å². The maximum atomic E-state index is 11.9. The van der Waals surface area contributed by atoms with Crippen LogP contribution in [0.5, 0.6) is 0 Å². The van der Waals surface area contributed by atoms with Crippen molar-refractivity contribution in [2.75, 3.05) is 0 Å². The lowest BCUT2D eigenvalue weighted by atomic mass is 10.0. The molecule has 180 valence electrons. The van der Waals surface area contributed by atoms with E-state index in [0.717, 1.165) is 17.9 Å². The van der Waals surface area contributed by atoms with E-state index < -0.39 is 0 Å². The smallest absolute Gasteiger partial charge is 0.220 e. The highest BCUT2D eigenvalue weighted by molar-refractivity contribution is 5.75. The number of nitrogens with one attached hydrogen (secondary N) is 1. The second-order valence-electron chi connectivity index (χ2n) is 9.40. The first-order chi connectivity index (χ1) is 15.2. The predicted molar refractivity (Wildman–Crippen MR) is 133 cm³/mol. The lowest BCUT2D eigenvalue weighted by Gasteiger charge is -2.05. The van der Waals surface area contributed by atoms with Crippen molar-refractivity contribution in [3.05, 3.63) is 23.7 Å². The van der Waals surface area contributed by atoms with E-state index in [1.54, 1.807) is 0 Å². The van der Waals surface area contributed by atoms with Crippen LogP contribution < -0.4 is 5.32 Å². The molecule has 1 N–H and O–H groups in total. The molecular weight excluding hydrogens is 382 g/mol. The fraction of sp³-hybridized carbons (Fsp3) is 0.821. The molecule has 31 heavy (non-hydrogen) atoms. The van der Waals surface area contributed by atoms with Crippen LogP contribution in [-0.2, 0) is 11.3 Å². The van der Waals surface area contributed by atoms with Crippen molar-refractivity contribution in [2.45, 2.75) is 149 Å². The van der Waals surface area contributed by atoms with Gasteiger partial charge >= 0.3 is 0 Å². The van der Waals surface area contributed by atoms with Gasteiger partial charge < -0.3 is 9.73 Å². The van der Waals surface area contributed by atoms with E-state index in [2.05, 4.69) is 12.2 Å². The van der Waals surface area contributed by atoms with Gasteiger partial charge in [-0.2, -0.15) is 0 Å². The van der Waals surface area contributed by atoms with Crippen LogP contribution in [0, 0.1) is 6.92 Å². The lowest BCUT2D eigenvalue weighted by Crippen LogP contribution is -2.21. The number of hydrogen-bond acceptors (Lipinski definition) is 2. The van der Waals surface area contributed by atoms with Crippen LogP contribution in [0.15, 0.2) is 16.5 Å². The minimum absolute atomic E-state index is 0.140. The number of rotatable bonds is 22. The maximum absolute atomic E-state index is 11.9. The van der Waals surface area contributed by atoms with E-state index in [1.165, 1.54) is 116 Å². The highest BCUT2D eigenvalue weighted by atomic mass is 16.3. The number of hydrogen-bond donors (Lipinski definition) is 1. The van der Waals surface area contributed by atoms with Gasteiger partial charge in [-0.3, -0.25) is 4.79 Å². The van der Waals surface area contributed by atoms with E-state index in [4.69, 9.17) is 4.42 Å². The van der Waals surface area contributed by atoms with Gasteiger partial charge in [0.25, 0.3) is 0 Å². The molecule has 0 fully saturated rings. The van der Waals surface area contributed by atoms with Crippen molar-refractivity contribution in [1.82, 2.24) is 5.32 Å². The molecule has 1 heterocycles. The van der Waals surface area contributed by atoms with Crippen LogP contribution in [0.3, 0.4) is 0 Å². The van der Waals surface area contributed by atoms with E-state index in [0.29, 0.717) is 13.0 Å². The number of furan rings is 1. The van der Waals surface area contributed by atoms with E-state index in [1.807, 2.05) is 19.1 Å². The summed E-state index contributed by atoms with van der Waals surface area (Å²) < 4.78 is 5.46. The Kier molecular flexibility index (Phi) is 18.5. The first-order valence-corrected chi connectivity index (χ1v) is 13.5. The molecule has 1 aromatic rings. The fourth-order valence-electron chi connectivity index (χ4n) is 4.22. The minimum atomic E-state index is 0.140. The predicted octanol–water partition coefficient (Wildman–Crippen LogP) is 9.03. The van der Waals surface area contributed by atoms with Crippen LogP contribution >= 0.6 is 0 Å². The van der Waals surface area contributed by atoms with Gasteiger partial charge in [-0.05, 0) is 25.5 Å². The zero-order valence-electron chi connectivity index (χ0n) is 20.8. The molecule has 3 nitrogen and oxygen atoms in total. The summed E-state index contributed by atoms with van der Waals surface area (Å²) in [7, 11) is 0. The van der Waals surface area contributed by atoms with Gasteiger partial charge in [0.1, 0.15) is 11.5 Å².